The van der Waals surface area contributed by atoms with Crippen LogP contribution in [0.2, 0.25) is 0 Å². The second-order valence-corrected chi connectivity index (χ2v) is 0.838. The van der Waals surface area contributed by atoms with Gasteiger partial charge in [-0.2, -0.15) is 0 Å². The van der Waals surface area contributed by atoms with Crippen LogP contribution in [0.4, 0.5) is 0 Å². The van der Waals surface area contributed by atoms with Crippen LogP contribution in [-0.2, 0) is 24.3 Å². The maximum atomic E-state index is 9.51. The van der Waals surface area contributed by atoms with Gasteiger partial charge in [0.15, 0.2) is 0 Å². The van der Waals surface area contributed by atoms with Crippen molar-refractivity contribution < 1.29 is 29.4 Å². The number of aliphatic carboxylic acids is 1. The van der Waals surface area contributed by atoms with Gasteiger partial charge in [-0.3, -0.25) is 0 Å². The first-order chi connectivity index (χ1) is 2.77. The van der Waals surface area contributed by atoms with Crippen LogP contribution in [0, 0.1) is 0 Å². The average Bonchev–Trinajstić information content (AvgIpc) is 1.35. The molecule has 0 fully saturated rings. The van der Waals surface area contributed by atoms with E-state index in [4.69, 9.17) is 5.11 Å². The SMILES string of the molecule is CC=CC(=O)O.[CaH2].[Zn]. The molecule has 0 aromatic rings. The van der Waals surface area contributed by atoms with Gasteiger partial charge in [-0.25, -0.2) is 4.79 Å². The minimum absolute atomic E-state index is 0. The summed E-state index contributed by atoms with van der Waals surface area (Å²) in [6.45, 7) is 1.66. The second-order valence-electron chi connectivity index (χ2n) is 0.838. The van der Waals surface area contributed by atoms with Crippen LogP contribution in [0.3, 0.4) is 0 Å². The zero-order chi connectivity index (χ0) is 4.99. The summed E-state index contributed by atoms with van der Waals surface area (Å²) in [6.07, 6.45) is 2.56. The quantitative estimate of drug-likeness (QED) is 0.460. The van der Waals surface area contributed by atoms with Crippen molar-refractivity contribution in [1.29, 1.82) is 0 Å². The fourth-order valence-corrected chi connectivity index (χ4v) is 0.143. The van der Waals surface area contributed by atoms with E-state index in [0.29, 0.717) is 0 Å². The smallest absolute Gasteiger partial charge is 0 e. The Labute approximate surface area is 91.1 Å². The Balaban J connectivity index is -0.000000125. The number of carboxylic acid groups (broad SMARTS) is 1. The Morgan fingerprint density at radius 2 is 2.00 bits per heavy atom. The molecule has 40 valence electrons. The summed E-state index contributed by atoms with van der Waals surface area (Å²) in [5, 5.41) is 7.83. The van der Waals surface area contributed by atoms with Gasteiger partial charge in [-0.15, -0.1) is 0 Å². The molecule has 1 N–H and O–H groups in total. The fourth-order valence-electron chi connectivity index (χ4n) is 0.143. The van der Waals surface area contributed by atoms with Crippen LogP contribution in [-0.4, -0.2) is 48.8 Å². The summed E-state index contributed by atoms with van der Waals surface area (Å²) < 4.78 is 0. The van der Waals surface area contributed by atoms with E-state index in [1.165, 1.54) is 6.08 Å². The second kappa shape index (κ2) is 11.0. The van der Waals surface area contributed by atoms with E-state index < -0.39 is 5.97 Å². The van der Waals surface area contributed by atoms with E-state index in [1.807, 2.05) is 0 Å². The summed E-state index contributed by atoms with van der Waals surface area (Å²) in [7, 11) is 0. The molecule has 0 atom stereocenters. The van der Waals surface area contributed by atoms with Gasteiger partial charge < -0.3 is 5.11 Å². The van der Waals surface area contributed by atoms with E-state index in [-0.39, 0.29) is 57.2 Å². The van der Waals surface area contributed by atoms with Crippen molar-refractivity contribution in [3.8, 4) is 0 Å². The number of rotatable bonds is 1. The fraction of sp³-hybridized carbons (Fsp3) is 0.250. The van der Waals surface area contributed by atoms with Crippen LogP contribution in [0.15, 0.2) is 12.2 Å². The van der Waals surface area contributed by atoms with E-state index >= 15 is 0 Å². The third-order valence-electron chi connectivity index (χ3n) is 0.309. The Bertz CT molecular complexity index is 82.1. The molecule has 8 heavy (non-hydrogen) atoms. The molecule has 0 aliphatic carbocycles. The van der Waals surface area contributed by atoms with E-state index in [9.17, 15) is 4.79 Å². The van der Waals surface area contributed by atoms with Gasteiger partial charge in [0, 0.05) is 25.6 Å². The van der Waals surface area contributed by atoms with Gasteiger partial charge >= 0.3 is 43.7 Å². The summed E-state index contributed by atoms with van der Waals surface area (Å²) in [4.78, 5) is 9.51. The first-order valence-corrected chi connectivity index (χ1v) is 1.63. The van der Waals surface area contributed by atoms with Crippen LogP contribution >= 0.6 is 0 Å². The molecule has 0 aliphatic heterocycles. The minimum Gasteiger partial charge on any atom is 0 e. The molecule has 0 saturated heterocycles. The van der Waals surface area contributed by atoms with Crippen molar-refractivity contribution in [2.75, 3.05) is 0 Å². The molecule has 4 heteroatoms. The molecule has 0 radical (unpaired) electrons. The third kappa shape index (κ3) is 15.7. The minimum atomic E-state index is -0.891. The van der Waals surface area contributed by atoms with Gasteiger partial charge in [0.2, 0.25) is 0 Å². The standard InChI is InChI=1S/C4H6O2.Ca.Zn.2H/c1-2-3-4(5)6;;;;/h2-3H,1H3,(H,5,6);;;;. The molecular weight excluding hydrogens is 186 g/mol. The van der Waals surface area contributed by atoms with Crippen LogP contribution in [0.1, 0.15) is 6.92 Å². The first kappa shape index (κ1) is 16.0. The predicted octanol–water partition coefficient (Wildman–Crippen LogP) is -0.272. The van der Waals surface area contributed by atoms with Crippen LogP contribution in [0.25, 0.3) is 0 Å². The van der Waals surface area contributed by atoms with Gasteiger partial charge in [0.1, 0.15) is 0 Å². The summed E-state index contributed by atoms with van der Waals surface area (Å²) in [6, 6.07) is 0. The number of carbonyl (C=O) groups is 1. The molecular formula is C4H8CaO2Zn. The molecule has 0 bridgehead atoms. The van der Waals surface area contributed by atoms with E-state index in [1.54, 1.807) is 6.92 Å². The van der Waals surface area contributed by atoms with Gasteiger partial charge in [0.05, 0.1) is 0 Å². The molecule has 0 heterocycles. The molecule has 0 aromatic heterocycles. The molecule has 0 spiro atoms. The van der Waals surface area contributed by atoms with Gasteiger partial charge in [-0.05, 0) is 6.92 Å². The molecule has 0 aromatic carbocycles. The summed E-state index contributed by atoms with van der Waals surface area (Å²) in [5.74, 6) is -0.891. The number of allylic oxidation sites excluding steroid dienone is 1. The van der Waals surface area contributed by atoms with E-state index in [2.05, 4.69) is 0 Å². The zero-order valence-electron chi connectivity index (χ0n) is 4.22. The Kier molecular flexibility index (Phi) is 22.0. The monoisotopic (exact) mass is 192 g/mol. The van der Waals surface area contributed by atoms with Crippen molar-refractivity contribution >= 4 is 43.7 Å². The Hall–Kier alpha value is 1.09. The third-order valence-corrected chi connectivity index (χ3v) is 0.309. The van der Waals surface area contributed by atoms with Crippen LogP contribution in [0.5, 0.6) is 0 Å². The Morgan fingerprint density at radius 3 is 2.00 bits per heavy atom. The molecule has 0 rings (SSSR count). The normalized spacial score (nSPS) is 7.12. The molecule has 0 unspecified atom stereocenters. The molecule has 0 amide bonds. The topological polar surface area (TPSA) is 37.3 Å². The zero-order valence-corrected chi connectivity index (χ0v) is 7.18. The van der Waals surface area contributed by atoms with Crippen molar-refractivity contribution in [2.45, 2.75) is 6.92 Å². The maximum Gasteiger partial charge on any atom is 0 e. The number of hydrogen-bond donors (Lipinski definition) is 1. The number of hydrogen-bond acceptors (Lipinski definition) is 1. The number of carboxylic acids is 1. The van der Waals surface area contributed by atoms with Gasteiger partial charge in [-0.1, -0.05) is 6.08 Å². The Morgan fingerprint density at radius 1 is 1.62 bits per heavy atom. The van der Waals surface area contributed by atoms with Gasteiger partial charge in [0.25, 0.3) is 0 Å². The van der Waals surface area contributed by atoms with Crippen molar-refractivity contribution in [3.05, 3.63) is 12.2 Å². The van der Waals surface area contributed by atoms with Crippen molar-refractivity contribution in [1.82, 2.24) is 0 Å². The molecule has 0 aliphatic rings. The predicted molar refractivity (Wildman–Crippen MR) is 31.0 cm³/mol. The van der Waals surface area contributed by atoms with E-state index in [0.717, 1.165) is 6.08 Å². The molecule has 0 saturated carbocycles. The largest absolute Gasteiger partial charge is 0 e. The maximum absolute atomic E-state index is 9.51. The molecule has 2 nitrogen and oxygen atoms in total. The first-order valence-electron chi connectivity index (χ1n) is 1.63. The summed E-state index contributed by atoms with van der Waals surface area (Å²) in [5.41, 5.74) is 0. The average molecular weight is 194 g/mol. The summed E-state index contributed by atoms with van der Waals surface area (Å²) >= 11 is 0. The van der Waals surface area contributed by atoms with Crippen molar-refractivity contribution in [2.24, 2.45) is 0 Å². The van der Waals surface area contributed by atoms with Crippen molar-refractivity contribution in [3.63, 3.8) is 0 Å². The van der Waals surface area contributed by atoms with Crippen LogP contribution < -0.4 is 0 Å².